The summed E-state index contributed by atoms with van der Waals surface area (Å²) < 4.78 is 6.60. The molecule has 3 rings (SSSR count). The van der Waals surface area contributed by atoms with Crippen LogP contribution in [0.25, 0.3) is 11.0 Å². The van der Waals surface area contributed by atoms with Crippen LogP contribution in [0.2, 0.25) is 0 Å². The van der Waals surface area contributed by atoms with Crippen molar-refractivity contribution in [2.45, 2.75) is 6.92 Å². The fourth-order valence-electron chi connectivity index (χ4n) is 2.11. The van der Waals surface area contributed by atoms with Gasteiger partial charge in [-0.05, 0) is 37.3 Å². The highest BCUT2D eigenvalue weighted by atomic mass is 79.9. The van der Waals surface area contributed by atoms with Crippen molar-refractivity contribution in [3.8, 4) is 0 Å². The number of anilines is 1. The maximum Gasteiger partial charge on any atom is 0.291 e. The highest BCUT2D eigenvalue weighted by Gasteiger charge is 2.17. The minimum atomic E-state index is -0.235. The Balaban J connectivity index is 1.92. The quantitative estimate of drug-likeness (QED) is 0.736. The van der Waals surface area contributed by atoms with Crippen LogP contribution < -0.4 is 5.32 Å². The number of para-hydroxylation sites is 1. The van der Waals surface area contributed by atoms with Gasteiger partial charge < -0.3 is 9.73 Å². The monoisotopic (exact) mass is 329 g/mol. The van der Waals surface area contributed by atoms with Crippen LogP contribution in [0.3, 0.4) is 0 Å². The lowest BCUT2D eigenvalue weighted by molar-refractivity contribution is 0.0998. The van der Waals surface area contributed by atoms with E-state index in [1.165, 1.54) is 0 Å². The number of aryl methyl sites for hydroxylation is 1. The molecule has 0 radical (unpaired) electrons. The number of carbonyl (C=O) groups is 1. The SMILES string of the molecule is Cc1c(C(=O)Nc2ccc(Br)cc2)oc2ccccc12. The lowest BCUT2D eigenvalue weighted by Crippen LogP contribution is -2.11. The predicted molar refractivity (Wildman–Crippen MR) is 83.0 cm³/mol. The minimum Gasteiger partial charge on any atom is -0.451 e. The van der Waals surface area contributed by atoms with Gasteiger partial charge in [0.25, 0.3) is 5.91 Å². The van der Waals surface area contributed by atoms with Crippen LogP contribution in [0.1, 0.15) is 16.1 Å². The molecule has 100 valence electrons. The molecule has 1 aromatic heterocycles. The molecule has 20 heavy (non-hydrogen) atoms. The van der Waals surface area contributed by atoms with Gasteiger partial charge in [0.05, 0.1) is 0 Å². The van der Waals surface area contributed by atoms with Crippen molar-refractivity contribution >= 4 is 38.5 Å². The molecule has 0 aliphatic heterocycles. The Morgan fingerprint density at radius 1 is 1.10 bits per heavy atom. The van der Waals surface area contributed by atoms with Gasteiger partial charge >= 0.3 is 0 Å². The largest absolute Gasteiger partial charge is 0.451 e. The number of halogens is 1. The van der Waals surface area contributed by atoms with Crippen LogP contribution in [-0.4, -0.2) is 5.91 Å². The molecule has 0 unspecified atom stereocenters. The average Bonchev–Trinajstić information content (AvgIpc) is 2.79. The maximum atomic E-state index is 12.3. The number of furan rings is 1. The molecule has 1 N–H and O–H groups in total. The number of nitrogens with one attached hydrogen (secondary N) is 1. The van der Waals surface area contributed by atoms with Crippen LogP contribution in [0.5, 0.6) is 0 Å². The summed E-state index contributed by atoms with van der Waals surface area (Å²) in [7, 11) is 0. The number of carbonyl (C=O) groups excluding carboxylic acids is 1. The molecule has 0 aliphatic rings. The van der Waals surface area contributed by atoms with E-state index < -0.39 is 0 Å². The van der Waals surface area contributed by atoms with Gasteiger partial charge in [-0.15, -0.1) is 0 Å². The number of benzene rings is 2. The van der Waals surface area contributed by atoms with E-state index in [4.69, 9.17) is 4.42 Å². The van der Waals surface area contributed by atoms with E-state index >= 15 is 0 Å². The van der Waals surface area contributed by atoms with E-state index in [9.17, 15) is 4.79 Å². The average molecular weight is 330 g/mol. The fraction of sp³-hybridized carbons (Fsp3) is 0.0625. The van der Waals surface area contributed by atoms with Gasteiger partial charge in [0.2, 0.25) is 0 Å². The highest BCUT2D eigenvalue weighted by Crippen LogP contribution is 2.25. The second kappa shape index (κ2) is 5.13. The molecule has 2 aromatic carbocycles. The van der Waals surface area contributed by atoms with Gasteiger partial charge in [0, 0.05) is 21.1 Å². The summed E-state index contributed by atoms with van der Waals surface area (Å²) in [4.78, 5) is 12.3. The molecule has 0 aliphatic carbocycles. The Kier molecular flexibility index (Phi) is 3.32. The third kappa shape index (κ3) is 2.34. The summed E-state index contributed by atoms with van der Waals surface area (Å²) in [5, 5.41) is 3.80. The van der Waals surface area contributed by atoms with Gasteiger partial charge in [-0.1, -0.05) is 34.1 Å². The minimum absolute atomic E-state index is 0.235. The third-order valence-corrected chi connectivity index (χ3v) is 3.68. The third-order valence-electron chi connectivity index (χ3n) is 3.15. The Labute approximate surface area is 124 Å². The summed E-state index contributed by atoms with van der Waals surface area (Å²) in [6.45, 7) is 1.89. The molecular weight excluding hydrogens is 318 g/mol. The first kappa shape index (κ1) is 12.9. The summed E-state index contributed by atoms with van der Waals surface area (Å²) >= 11 is 3.36. The molecule has 0 saturated carbocycles. The van der Waals surface area contributed by atoms with Crippen molar-refractivity contribution in [1.82, 2.24) is 0 Å². The van der Waals surface area contributed by atoms with Crippen LogP contribution >= 0.6 is 15.9 Å². The van der Waals surface area contributed by atoms with E-state index in [0.29, 0.717) is 5.76 Å². The van der Waals surface area contributed by atoms with E-state index in [-0.39, 0.29) is 5.91 Å². The number of rotatable bonds is 2. The Hall–Kier alpha value is -2.07. The lowest BCUT2D eigenvalue weighted by Gasteiger charge is -2.03. The Bertz CT molecular complexity index is 775. The number of fused-ring (bicyclic) bond motifs is 1. The van der Waals surface area contributed by atoms with Gasteiger partial charge in [0.1, 0.15) is 5.58 Å². The fourth-order valence-corrected chi connectivity index (χ4v) is 2.38. The number of hydrogen-bond acceptors (Lipinski definition) is 2. The smallest absolute Gasteiger partial charge is 0.291 e. The lowest BCUT2D eigenvalue weighted by atomic mass is 10.1. The van der Waals surface area contributed by atoms with Crippen molar-refractivity contribution in [3.05, 3.63) is 64.3 Å². The van der Waals surface area contributed by atoms with Crippen LogP contribution in [0, 0.1) is 6.92 Å². The van der Waals surface area contributed by atoms with E-state index in [1.807, 2.05) is 55.5 Å². The van der Waals surface area contributed by atoms with Crippen molar-refractivity contribution in [2.24, 2.45) is 0 Å². The summed E-state index contributed by atoms with van der Waals surface area (Å²) in [5.41, 5.74) is 2.32. The zero-order valence-corrected chi connectivity index (χ0v) is 12.4. The first-order valence-corrected chi connectivity index (χ1v) is 6.99. The first-order chi connectivity index (χ1) is 9.65. The van der Waals surface area contributed by atoms with E-state index in [1.54, 1.807) is 0 Å². The molecule has 4 heteroatoms. The highest BCUT2D eigenvalue weighted by molar-refractivity contribution is 9.10. The second-order valence-corrected chi connectivity index (χ2v) is 5.43. The van der Waals surface area contributed by atoms with Gasteiger partial charge in [0.15, 0.2) is 5.76 Å². The van der Waals surface area contributed by atoms with E-state index in [2.05, 4.69) is 21.2 Å². The van der Waals surface area contributed by atoms with E-state index in [0.717, 1.165) is 26.7 Å². The molecule has 0 fully saturated rings. The molecule has 3 aromatic rings. The molecule has 1 amide bonds. The summed E-state index contributed by atoms with van der Waals surface area (Å²) in [6.07, 6.45) is 0. The molecule has 0 atom stereocenters. The normalized spacial score (nSPS) is 10.7. The Morgan fingerprint density at radius 3 is 2.50 bits per heavy atom. The summed E-state index contributed by atoms with van der Waals surface area (Å²) in [5.74, 6) is 0.121. The molecule has 1 heterocycles. The topological polar surface area (TPSA) is 42.2 Å². The van der Waals surface area contributed by atoms with Crippen molar-refractivity contribution in [1.29, 1.82) is 0 Å². The predicted octanol–water partition coefficient (Wildman–Crippen LogP) is 4.76. The van der Waals surface area contributed by atoms with Crippen molar-refractivity contribution < 1.29 is 9.21 Å². The van der Waals surface area contributed by atoms with Crippen LogP contribution in [0.4, 0.5) is 5.69 Å². The van der Waals surface area contributed by atoms with Gasteiger partial charge in [-0.2, -0.15) is 0 Å². The standard InChI is InChI=1S/C16H12BrNO2/c1-10-13-4-2-3-5-14(13)20-15(10)16(19)18-12-8-6-11(17)7-9-12/h2-9H,1H3,(H,18,19). The molecule has 3 nitrogen and oxygen atoms in total. The van der Waals surface area contributed by atoms with Gasteiger partial charge in [-0.25, -0.2) is 0 Å². The second-order valence-electron chi connectivity index (χ2n) is 4.51. The van der Waals surface area contributed by atoms with Crippen molar-refractivity contribution in [3.63, 3.8) is 0 Å². The summed E-state index contributed by atoms with van der Waals surface area (Å²) in [6, 6.07) is 15.1. The molecule has 0 bridgehead atoms. The van der Waals surface area contributed by atoms with Crippen LogP contribution in [-0.2, 0) is 0 Å². The van der Waals surface area contributed by atoms with Crippen molar-refractivity contribution in [2.75, 3.05) is 5.32 Å². The van der Waals surface area contributed by atoms with Gasteiger partial charge in [-0.3, -0.25) is 4.79 Å². The maximum absolute atomic E-state index is 12.3. The first-order valence-electron chi connectivity index (χ1n) is 6.20. The van der Waals surface area contributed by atoms with Crippen LogP contribution in [0.15, 0.2) is 57.4 Å². The zero-order chi connectivity index (χ0) is 14.1. The molecule has 0 saturated heterocycles. The Morgan fingerprint density at radius 2 is 1.80 bits per heavy atom. The molecular formula is C16H12BrNO2. The number of hydrogen-bond donors (Lipinski definition) is 1. The molecule has 0 spiro atoms. The zero-order valence-electron chi connectivity index (χ0n) is 10.8. The number of amides is 1.